The lowest BCUT2D eigenvalue weighted by atomic mass is 10.3. The third-order valence-electron chi connectivity index (χ3n) is 1.37. The smallest absolute Gasteiger partial charge is 0.181 e. The lowest BCUT2D eigenvalue weighted by Gasteiger charge is -1.89. The summed E-state index contributed by atoms with van der Waals surface area (Å²) in [5.74, 6) is -1.83. The standard InChI is InChI=1S/C7H3F2NO/c8-4-1-6-7(2-5(4)9)11-3-10-6/h1-3H. The van der Waals surface area contributed by atoms with Gasteiger partial charge in [-0.2, -0.15) is 0 Å². The Balaban J connectivity index is 2.86. The van der Waals surface area contributed by atoms with Gasteiger partial charge < -0.3 is 4.42 Å². The van der Waals surface area contributed by atoms with E-state index in [0.717, 1.165) is 18.5 Å². The molecule has 1 heterocycles. The summed E-state index contributed by atoms with van der Waals surface area (Å²) in [5, 5.41) is 0. The van der Waals surface area contributed by atoms with Gasteiger partial charge in [0.25, 0.3) is 0 Å². The monoisotopic (exact) mass is 155 g/mol. The molecule has 4 heteroatoms. The molecule has 2 aromatic rings. The molecule has 1 aromatic heterocycles. The van der Waals surface area contributed by atoms with Crippen LogP contribution in [0.5, 0.6) is 0 Å². The highest BCUT2D eigenvalue weighted by molar-refractivity contribution is 5.71. The summed E-state index contributed by atoms with van der Waals surface area (Å²) in [4.78, 5) is 3.65. The van der Waals surface area contributed by atoms with Crippen LogP contribution in [0.4, 0.5) is 8.78 Å². The molecule has 0 fully saturated rings. The first-order chi connectivity index (χ1) is 5.27. The van der Waals surface area contributed by atoms with Gasteiger partial charge in [0, 0.05) is 12.1 Å². The molecule has 0 radical (unpaired) electrons. The van der Waals surface area contributed by atoms with E-state index >= 15 is 0 Å². The Kier molecular flexibility index (Phi) is 1.15. The first-order valence-corrected chi connectivity index (χ1v) is 2.95. The van der Waals surface area contributed by atoms with Gasteiger partial charge in [0.05, 0.1) is 0 Å². The van der Waals surface area contributed by atoms with Crippen LogP contribution in [0, 0.1) is 11.6 Å². The molecule has 11 heavy (non-hydrogen) atoms. The third kappa shape index (κ3) is 0.869. The van der Waals surface area contributed by atoms with Crippen molar-refractivity contribution in [3.05, 3.63) is 30.2 Å². The molecular formula is C7H3F2NO. The van der Waals surface area contributed by atoms with E-state index in [4.69, 9.17) is 4.42 Å². The third-order valence-corrected chi connectivity index (χ3v) is 1.37. The average molecular weight is 155 g/mol. The minimum atomic E-state index is -0.922. The van der Waals surface area contributed by atoms with Gasteiger partial charge in [0.2, 0.25) is 0 Å². The van der Waals surface area contributed by atoms with Crippen LogP contribution in [0.25, 0.3) is 11.1 Å². The van der Waals surface area contributed by atoms with Crippen LogP contribution in [-0.4, -0.2) is 4.98 Å². The largest absolute Gasteiger partial charge is 0.443 e. The molecule has 0 aliphatic carbocycles. The number of rotatable bonds is 0. The van der Waals surface area contributed by atoms with E-state index in [2.05, 4.69) is 4.98 Å². The lowest BCUT2D eigenvalue weighted by Crippen LogP contribution is -1.81. The summed E-state index contributed by atoms with van der Waals surface area (Å²) in [5.41, 5.74) is 0.577. The van der Waals surface area contributed by atoms with Crippen molar-refractivity contribution < 1.29 is 13.2 Å². The van der Waals surface area contributed by atoms with E-state index in [1.165, 1.54) is 0 Å². The van der Waals surface area contributed by atoms with Crippen LogP contribution in [0.15, 0.2) is 22.9 Å². The SMILES string of the molecule is Fc1cc2ncoc2cc1F. The topological polar surface area (TPSA) is 26.0 Å². The predicted octanol–water partition coefficient (Wildman–Crippen LogP) is 2.11. The Morgan fingerprint density at radius 3 is 2.73 bits per heavy atom. The number of hydrogen-bond donors (Lipinski definition) is 0. The van der Waals surface area contributed by atoms with E-state index in [0.29, 0.717) is 5.52 Å². The highest BCUT2D eigenvalue weighted by atomic mass is 19.2. The van der Waals surface area contributed by atoms with Crippen molar-refractivity contribution in [2.24, 2.45) is 0 Å². The Labute approximate surface area is 60.5 Å². The summed E-state index contributed by atoms with van der Waals surface area (Å²) in [7, 11) is 0. The van der Waals surface area contributed by atoms with Gasteiger partial charge in [-0.15, -0.1) is 0 Å². The number of hydrogen-bond acceptors (Lipinski definition) is 2. The minimum absolute atomic E-state index is 0.254. The molecule has 0 unspecified atom stereocenters. The van der Waals surface area contributed by atoms with Gasteiger partial charge in [0.15, 0.2) is 23.6 Å². The fourth-order valence-electron chi connectivity index (χ4n) is 0.853. The molecule has 0 saturated carbocycles. The van der Waals surface area contributed by atoms with Crippen molar-refractivity contribution in [2.45, 2.75) is 0 Å². The van der Waals surface area contributed by atoms with E-state index in [-0.39, 0.29) is 5.58 Å². The zero-order valence-electron chi connectivity index (χ0n) is 5.34. The maximum absolute atomic E-state index is 12.5. The fourth-order valence-corrected chi connectivity index (χ4v) is 0.853. The van der Waals surface area contributed by atoms with Crippen molar-refractivity contribution in [1.29, 1.82) is 0 Å². The second-order valence-electron chi connectivity index (χ2n) is 2.09. The van der Waals surface area contributed by atoms with Crippen molar-refractivity contribution in [3.63, 3.8) is 0 Å². The summed E-state index contributed by atoms with van der Waals surface area (Å²) in [6.45, 7) is 0. The van der Waals surface area contributed by atoms with Crippen molar-refractivity contribution in [3.8, 4) is 0 Å². The Hall–Kier alpha value is -1.45. The van der Waals surface area contributed by atoms with Gasteiger partial charge in [-0.05, 0) is 0 Å². The van der Waals surface area contributed by atoms with Gasteiger partial charge in [-0.3, -0.25) is 0 Å². The number of oxazole rings is 1. The summed E-state index contributed by atoms with van der Waals surface area (Å²) >= 11 is 0. The summed E-state index contributed by atoms with van der Waals surface area (Å²) in [6.07, 6.45) is 1.14. The first kappa shape index (κ1) is 6.27. The lowest BCUT2D eigenvalue weighted by molar-refractivity contribution is 0.507. The van der Waals surface area contributed by atoms with Crippen molar-refractivity contribution in [1.82, 2.24) is 4.98 Å². The van der Waals surface area contributed by atoms with Crippen LogP contribution >= 0.6 is 0 Å². The van der Waals surface area contributed by atoms with Crippen LogP contribution < -0.4 is 0 Å². The average Bonchev–Trinajstić information content (AvgIpc) is 2.36. The second-order valence-corrected chi connectivity index (χ2v) is 2.09. The van der Waals surface area contributed by atoms with E-state index in [9.17, 15) is 8.78 Å². The predicted molar refractivity (Wildman–Crippen MR) is 33.9 cm³/mol. The summed E-state index contributed by atoms with van der Waals surface area (Å²) < 4.78 is 29.7. The number of nitrogens with zero attached hydrogens (tertiary/aromatic N) is 1. The molecule has 56 valence electrons. The zero-order chi connectivity index (χ0) is 7.84. The van der Waals surface area contributed by atoms with Crippen molar-refractivity contribution in [2.75, 3.05) is 0 Å². The molecular weight excluding hydrogens is 152 g/mol. The highest BCUT2D eigenvalue weighted by Gasteiger charge is 2.05. The second kappa shape index (κ2) is 2.02. The molecule has 0 aliphatic heterocycles. The molecule has 2 nitrogen and oxygen atoms in total. The van der Waals surface area contributed by atoms with Gasteiger partial charge in [-0.1, -0.05) is 0 Å². The van der Waals surface area contributed by atoms with Crippen LogP contribution in [-0.2, 0) is 0 Å². The molecule has 0 bridgehead atoms. The summed E-state index contributed by atoms with van der Waals surface area (Å²) in [6, 6.07) is 1.96. The molecule has 2 rings (SSSR count). The van der Waals surface area contributed by atoms with Crippen LogP contribution in [0.1, 0.15) is 0 Å². The Morgan fingerprint density at radius 2 is 1.91 bits per heavy atom. The molecule has 1 aromatic carbocycles. The highest BCUT2D eigenvalue weighted by Crippen LogP contribution is 2.16. The number of fused-ring (bicyclic) bond motifs is 1. The van der Waals surface area contributed by atoms with E-state index in [1.807, 2.05) is 0 Å². The molecule has 0 amide bonds. The normalized spacial score (nSPS) is 10.7. The van der Waals surface area contributed by atoms with E-state index < -0.39 is 11.6 Å². The maximum Gasteiger partial charge on any atom is 0.181 e. The zero-order valence-corrected chi connectivity index (χ0v) is 5.34. The molecule has 0 spiro atoms. The maximum atomic E-state index is 12.5. The van der Waals surface area contributed by atoms with Crippen molar-refractivity contribution >= 4 is 11.1 Å². The molecule has 0 saturated heterocycles. The molecule has 0 atom stereocenters. The number of benzene rings is 1. The Morgan fingerprint density at radius 1 is 1.18 bits per heavy atom. The first-order valence-electron chi connectivity index (χ1n) is 2.95. The molecule has 0 aliphatic rings. The molecule has 0 N–H and O–H groups in total. The minimum Gasteiger partial charge on any atom is -0.443 e. The van der Waals surface area contributed by atoms with Gasteiger partial charge in [-0.25, -0.2) is 13.8 Å². The van der Waals surface area contributed by atoms with E-state index in [1.54, 1.807) is 0 Å². The number of halogens is 2. The van der Waals surface area contributed by atoms with Crippen LogP contribution in [0.2, 0.25) is 0 Å². The Bertz CT molecular complexity index is 360. The van der Waals surface area contributed by atoms with Gasteiger partial charge >= 0.3 is 0 Å². The fraction of sp³-hybridized carbons (Fsp3) is 0. The quantitative estimate of drug-likeness (QED) is 0.582. The number of aromatic nitrogens is 1. The van der Waals surface area contributed by atoms with Gasteiger partial charge in [0.1, 0.15) is 5.52 Å². The van der Waals surface area contributed by atoms with Crippen LogP contribution in [0.3, 0.4) is 0 Å².